The molecule has 0 aromatic heterocycles. The molecule has 0 aliphatic heterocycles. The summed E-state index contributed by atoms with van der Waals surface area (Å²) < 4.78 is 70.0. The lowest BCUT2D eigenvalue weighted by Crippen LogP contribution is -2.65. The second-order valence-corrected chi connectivity index (χ2v) is 11.4. The molecule has 5 atom stereocenters. The van der Waals surface area contributed by atoms with Crippen molar-refractivity contribution in [1.29, 1.82) is 0 Å². The number of hydrogen-bond donors (Lipinski definition) is 0. The molecule has 244 valence electrons. The van der Waals surface area contributed by atoms with Gasteiger partial charge in [0, 0.05) is 7.11 Å². The summed E-state index contributed by atoms with van der Waals surface area (Å²) in [7, 11) is 1.46. The van der Waals surface area contributed by atoms with E-state index in [1.807, 2.05) is 121 Å². The standard InChI is InChI=1S/C38H42F2O6/c1-41-28-43-27-34-36(45-24-31-18-10-4-11-19-31)37(46-25-32-20-12-5-13-21-32)35(44-23-30-16-8-3-9-17-30)33(38(34,39)40)26-42-22-29-14-6-2-7-15-29/h2-21,33-37H,22-28H2,1H3/t33-,34+,35+,36-,37-/m1/s1. The summed E-state index contributed by atoms with van der Waals surface area (Å²) in [5.41, 5.74) is 3.53. The van der Waals surface area contributed by atoms with E-state index in [1.54, 1.807) is 0 Å². The van der Waals surface area contributed by atoms with Crippen LogP contribution in [0.4, 0.5) is 8.78 Å². The molecular weight excluding hydrogens is 590 g/mol. The molecule has 46 heavy (non-hydrogen) atoms. The van der Waals surface area contributed by atoms with Crippen molar-refractivity contribution in [2.45, 2.75) is 50.7 Å². The van der Waals surface area contributed by atoms with Crippen molar-refractivity contribution in [2.24, 2.45) is 11.8 Å². The normalized spacial score (nSPS) is 22.5. The molecule has 4 aromatic carbocycles. The molecule has 0 N–H and O–H groups in total. The zero-order valence-corrected chi connectivity index (χ0v) is 26.1. The minimum Gasteiger partial charge on any atom is -0.376 e. The monoisotopic (exact) mass is 632 g/mol. The van der Waals surface area contributed by atoms with Crippen LogP contribution in [0.2, 0.25) is 0 Å². The third kappa shape index (κ3) is 9.28. The molecule has 0 unspecified atom stereocenters. The first-order valence-electron chi connectivity index (χ1n) is 15.6. The van der Waals surface area contributed by atoms with Crippen LogP contribution in [-0.4, -0.2) is 51.4 Å². The highest BCUT2D eigenvalue weighted by Crippen LogP contribution is 2.47. The number of halogens is 2. The Labute approximate surface area is 270 Å². The Bertz CT molecular complexity index is 1390. The molecule has 4 aromatic rings. The SMILES string of the molecule is COCOC[C@H]1[C@@H](OCc2ccccc2)[C@H](OCc2ccccc2)[C@@H](OCc2ccccc2)[C@@H](COCc2ccccc2)C1(F)F. The van der Waals surface area contributed by atoms with Crippen LogP contribution in [0, 0.1) is 11.8 Å². The molecular formula is C38H42F2O6. The Kier molecular flexibility index (Phi) is 12.8. The predicted molar refractivity (Wildman–Crippen MR) is 171 cm³/mol. The highest BCUT2D eigenvalue weighted by Gasteiger charge is 2.63. The van der Waals surface area contributed by atoms with Gasteiger partial charge in [-0.25, -0.2) is 8.78 Å². The number of alkyl halides is 2. The van der Waals surface area contributed by atoms with Crippen LogP contribution in [0.15, 0.2) is 121 Å². The van der Waals surface area contributed by atoms with Crippen LogP contribution in [-0.2, 0) is 54.8 Å². The molecule has 6 nitrogen and oxygen atoms in total. The maximum atomic E-state index is 17.0. The fourth-order valence-electron chi connectivity index (χ4n) is 5.82. The van der Waals surface area contributed by atoms with Gasteiger partial charge in [-0.15, -0.1) is 0 Å². The first kappa shape index (κ1) is 33.9. The summed E-state index contributed by atoms with van der Waals surface area (Å²) >= 11 is 0. The number of benzene rings is 4. The zero-order valence-electron chi connectivity index (χ0n) is 26.1. The van der Waals surface area contributed by atoms with E-state index in [2.05, 4.69) is 0 Å². The van der Waals surface area contributed by atoms with Crippen molar-refractivity contribution < 1.29 is 37.2 Å². The van der Waals surface area contributed by atoms with Crippen LogP contribution in [0.3, 0.4) is 0 Å². The Morgan fingerprint density at radius 3 is 1.22 bits per heavy atom. The molecule has 1 aliphatic rings. The summed E-state index contributed by atoms with van der Waals surface area (Å²) in [6.07, 6.45) is -3.00. The van der Waals surface area contributed by atoms with Crippen molar-refractivity contribution in [3.05, 3.63) is 144 Å². The van der Waals surface area contributed by atoms with Crippen molar-refractivity contribution in [2.75, 3.05) is 27.1 Å². The van der Waals surface area contributed by atoms with Gasteiger partial charge in [-0.2, -0.15) is 0 Å². The van der Waals surface area contributed by atoms with Crippen molar-refractivity contribution >= 4 is 0 Å². The lowest BCUT2D eigenvalue weighted by Gasteiger charge is -2.50. The summed E-state index contributed by atoms with van der Waals surface area (Å²) in [6, 6.07) is 38.2. The molecule has 0 spiro atoms. The Balaban J connectivity index is 1.49. The number of methoxy groups -OCH3 is 1. The molecule has 1 aliphatic carbocycles. The first-order valence-corrected chi connectivity index (χ1v) is 15.6. The Morgan fingerprint density at radius 2 is 0.826 bits per heavy atom. The smallest absolute Gasteiger partial charge is 0.263 e. The summed E-state index contributed by atoms with van der Waals surface area (Å²) in [4.78, 5) is 0. The third-order valence-corrected chi connectivity index (χ3v) is 8.19. The van der Waals surface area contributed by atoms with Crippen LogP contribution in [0.5, 0.6) is 0 Å². The molecule has 1 fully saturated rings. The van der Waals surface area contributed by atoms with Crippen LogP contribution >= 0.6 is 0 Å². The second-order valence-electron chi connectivity index (χ2n) is 11.4. The summed E-state index contributed by atoms with van der Waals surface area (Å²) in [5, 5.41) is 0. The topological polar surface area (TPSA) is 55.4 Å². The van der Waals surface area contributed by atoms with Gasteiger partial charge in [-0.3, -0.25) is 0 Å². The molecule has 5 rings (SSSR count). The van der Waals surface area contributed by atoms with Crippen molar-refractivity contribution in [1.82, 2.24) is 0 Å². The van der Waals surface area contributed by atoms with Gasteiger partial charge < -0.3 is 28.4 Å². The van der Waals surface area contributed by atoms with Gasteiger partial charge >= 0.3 is 0 Å². The fourth-order valence-corrected chi connectivity index (χ4v) is 5.82. The lowest BCUT2D eigenvalue weighted by atomic mass is 9.72. The molecule has 8 heteroatoms. The van der Waals surface area contributed by atoms with Crippen LogP contribution in [0.25, 0.3) is 0 Å². The Morgan fingerprint density at radius 1 is 0.478 bits per heavy atom. The van der Waals surface area contributed by atoms with E-state index in [4.69, 9.17) is 28.4 Å². The maximum absolute atomic E-state index is 17.0. The number of hydrogen-bond acceptors (Lipinski definition) is 6. The highest BCUT2D eigenvalue weighted by atomic mass is 19.3. The van der Waals surface area contributed by atoms with Gasteiger partial charge in [0.1, 0.15) is 12.9 Å². The first-order chi connectivity index (χ1) is 22.6. The number of rotatable bonds is 17. The van der Waals surface area contributed by atoms with Crippen LogP contribution in [0.1, 0.15) is 22.3 Å². The lowest BCUT2D eigenvalue weighted by molar-refractivity contribution is -0.297. The van der Waals surface area contributed by atoms with Gasteiger partial charge in [0.2, 0.25) is 0 Å². The molecule has 0 bridgehead atoms. The molecule has 0 heterocycles. The predicted octanol–water partition coefficient (Wildman–Crippen LogP) is 7.46. The van der Waals surface area contributed by atoms with Crippen molar-refractivity contribution in [3.63, 3.8) is 0 Å². The minimum atomic E-state index is -3.31. The van der Waals surface area contributed by atoms with Gasteiger partial charge in [0.05, 0.1) is 63.7 Å². The fraction of sp³-hybridized carbons (Fsp3) is 0.368. The van der Waals surface area contributed by atoms with E-state index in [9.17, 15) is 0 Å². The van der Waals surface area contributed by atoms with E-state index in [0.29, 0.717) is 0 Å². The van der Waals surface area contributed by atoms with E-state index < -0.39 is 36.1 Å². The quantitative estimate of drug-likeness (QED) is 0.0890. The van der Waals surface area contributed by atoms with Gasteiger partial charge in [-0.05, 0) is 22.3 Å². The average molecular weight is 633 g/mol. The van der Waals surface area contributed by atoms with Crippen molar-refractivity contribution in [3.8, 4) is 0 Å². The molecule has 0 radical (unpaired) electrons. The second kappa shape index (κ2) is 17.4. The third-order valence-electron chi connectivity index (χ3n) is 8.19. The van der Waals surface area contributed by atoms with Gasteiger partial charge in [0.25, 0.3) is 5.92 Å². The molecule has 0 saturated heterocycles. The zero-order chi connectivity index (χ0) is 32.0. The van der Waals surface area contributed by atoms with Gasteiger partial charge in [-0.1, -0.05) is 121 Å². The van der Waals surface area contributed by atoms with E-state index >= 15 is 8.78 Å². The van der Waals surface area contributed by atoms with E-state index in [-0.39, 0.29) is 46.4 Å². The average Bonchev–Trinajstić information content (AvgIpc) is 3.09. The Hall–Kier alpha value is -3.50. The molecule has 0 amide bonds. The highest BCUT2D eigenvalue weighted by molar-refractivity contribution is 5.17. The van der Waals surface area contributed by atoms with E-state index in [0.717, 1.165) is 22.3 Å². The molecule has 1 saturated carbocycles. The van der Waals surface area contributed by atoms with Gasteiger partial charge in [0.15, 0.2) is 0 Å². The van der Waals surface area contributed by atoms with Crippen LogP contribution < -0.4 is 0 Å². The summed E-state index contributed by atoms with van der Waals surface area (Å²) in [6.45, 7) is -0.0579. The maximum Gasteiger partial charge on any atom is 0.263 e. The summed E-state index contributed by atoms with van der Waals surface area (Å²) in [5.74, 6) is -6.03. The number of ether oxygens (including phenoxy) is 6. The largest absolute Gasteiger partial charge is 0.376 e. The van der Waals surface area contributed by atoms with E-state index in [1.165, 1.54) is 7.11 Å². The minimum absolute atomic E-state index is 0.119.